The number of non-ortho nitro benzene ring substituents is 2. The van der Waals surface area contributed by atoms with Crippen molar-refractivity contribution in [3.05, 3.63) is 128 Å². The van der Waals surface area contributed by atoms with Crippen molar-refractivity contribution in [1.82, 2.24) is 0 Å². The number of carbonyl (C=O) groups is 1. The predicted octanol–water partition coefficient (Wildman–Crippen LogP) is 3.30. The van der Waals surface area contributed by atoms with Crippen molar-refractivity contribution in [3.8, 4) is 11.5 Å². The van der Waals surface area contributed by atoms with Crippen LogP contribution < -0.4 is 56.0 Å². The molecule has 1 radical (unpaired) electrons. The number of nitrogens with zero attached hydrogens (tertiary/aromatic N) is 6. The van der Waals surface area contributed by atoms with Crippen molar-refractivity contribution < 1.29 is 84.7 Å². The van der Waals surface area contributed by atoms with E-state index in [2.05, 4.69) is 25.8 Å². The molecule has 0 saturated heterocycles. The van der Waals surface area contributed by atoms with Crippen LogP contribution in [0.15, 0.2) is 128 Å². The van der Waals surface area contributed by atoms with E-state index in [9.17, 15) is 48.8 Å². The minimum absolute atomic E-state index is 0. The molecule has 5 rings (SSSR count). The average molecular weight is 844 g/mol. The van der Waals surface area contributed by atoms with E-state index in [1.807, 2.05) is 30.3 Å². The Hall–Kier alpha value is -5.52. The third-order valence-corrected chi connectivity index (χ3v) is 8.03. The standard InChI is InChI=1S/C16H14ClN5O7S.C16H12N4O3.Co.Na/c1-8(23)14(16(25)19-9-2-4-11(5-3-9)30(18,28)29)21-20-13-7-10(22(26)27)6-12(17)15(13)24;17-13-7-5-10-3-1-2-4-12(10)16(13)19-18-14-8-6-11(20(22)23)9-15(14)21;;/h2-7,23-24H,1H3,(H,19,25)(H2,18,28,29);1-9,21H,17H2;;/q;;;+1/p-2. The summed E-state index contributed by atoms with van der Waals surface area (Å²) in [7, 11) is -3.92. The quantitative estimate of drug-likeness (QED) is 0.0317. The monoisotopic (exact) mass is 843 g/mol. The van der Waals surface area contributed by atoms with E-state index in [-0.39, 0.29) is 68.3 Å². The molecular formula is C32H24ClCoN9NaO10S-. The summed E-state index contributed by atoms with van der Waals surface area (Å²) in [6.07, 6.45) is 0. The summed E-state index contributed by atoms with van der Waals surface area (Å²) >= 11 is 5.64. The van der Waals surface area contributed by atoms with E-state index in [1.165, 1.54) is 24.3 Å². The van der Waals surface area contributed by atoms with E-state index >= 15 is 0 Å². The normalized spacial score (nSPS) is 11.5. The number of primary sulfonamides is 1. The number of hydrogen-bond donors (Lipinski definition) is 4. The number of halogens is 1. The topological polar surface area (TPSA) is 317 Å². The third kappa shape index (κ3) is 12.0. The van der Waals surface area contributed by atoms with Gasteiger partial charge >= 0.3 is 29.6 Å². The first kappa shape index (κ1) is 45.6. The summed E-state index contributed by atoms with van der Waals surface area (Å²) in [5.41, 5.74) is 5.07. The van der Waals surface area contributed by atoms with E-state index in [4.69, 9.17) is 22.5 Å². The van der Waals surface area contributed by atoms with E-state index in [0.717, 1.165) is 48.0 Å². The summed E-state index contributed by atoms with van der Waals surface area (Å²) in [5.74, 6) is -2.95. The molecule has 23 heteroatoms. The molecule has 281 valence electrons. The minimum atomic E-state index is -3.92. The number of allylic oxidation sites excluding steroid dienone is 1. The molecular weight excluding hydrogens is 820 g/mol. The van der Waals surface area contributed by atoms with Gasteiger partial charge in [-0.05, 0) is 48.7 Å². The van der Waals surface area contributed by atoms with Gasteiger partial charge in [-0.3, -0.25) is 25.0 Å². The maximum Gasteiger partial charge on any atom is 1.00 e. The number of nitrogen functional groups attached to an aromatic ring is 1. The van der Waals surface area contributed by atoms with Gasteiger partial charge in [0.1, 0.15) is 11.4 Å². The molecule has 0 saturated carbocycles. The Kier molecular flexibility index (Phi) is 16.3. The molecule has 5 aromatic rings. The fourth-order valence-electron chi connectivity index (χ4n) is 4.24. The van der Waals surface area contributed by atoms with Crippen LogP contribution in [0.2, 0.25) is 5.02 Å². The molecule has 5 aromatic carbocycles. The zero-order valence-corrected chi connectivity index (χ0v) is 32.9. The van der Waals surface area contributed by atoms with Gasteiger partial charge in [0, 0.05) is 57.1 Å². The fraction of sp³-hybridized carbons (Fsp3) is 0.0312. The number of azo groups is 2. The van der Waals surface area contributed by atoms with Gasteiger partial charge in [0.25, 0.3) is 17.3 Å². The van der Waals surface area contributed by atoms with Gasteiger partial charge in [0.2, 0.25) is 10.0 Å². The molecule has 1 amide bonds. The number of nitrogens with one attached hydrogen (secondary N) is 1. The van der Waals surface area contributed by atoms with Crippen LogP contribution in [0.25, 0.3) is 10.8 Å². The Labute approximate surface area is 348 Å². The van der Waals surface area contributed by atoms with Gasteiger partial charge < -0.3 is 26.4 Å². The first-order valence-electron chi connectivity index (χ1n) is 14.5. The van der Waals surface area contributed by atoms with Crippen molar-refractivity contribution in [1.29, 1.82) is 0 Å². The number of carbonyl (C=O) groups excluding carboxylic acids is 1. The number of aliphatic hydroxyl groups is 1. The maximum atomic E-state index is 12.3. The summed E-state index contributed by atoms with van der Waals surface area (Å²) in [4.78, 5) is 32.2. The largest absolute Gasteiger partial charge is 1.00 e. The Bertz CT molecular complexity index is 2470. The second kappa shape index (κ2) is 19.7. The van der Waals surface area contributed by atoms with Crippen LogP contribution in [0.4, 0.5) is 39.8 Å². The molecule has 6 N–H and O–H groups in total. The molecule has 0 aromatic heterocycles. The molecule has 0 heterocycles. The molecule has 0 aliphatic heterocycles. The van der Waals surface area contributed by atoms with E-state index < -0.39 is 65.1 Å². The average Bonchev–Trinajstić information content (AvgIpc) is 3.10. The number of benzene rings is 5. The van der Waals surface area contributed by atoms with E-state index in [0.29, 0.717) is 11.4 Å². The fourth-order valence-corrected chi connectivity index (χ4v) is 4.96. The molecule has 55 heavy (non-hydrogen) atoms. The smallest absolute Gasteiger partial charge is 0.871 e. The molecule has 0 spiro atoms. The van der Waals surface area contributed by atoms with Crippen LogP contribution in [0.1, 0.15) is 6.92 Å². The van der Waals surface area contributed by atoms with Crippen molar-refractivity contribution in [3.63, 3.8) is 0 Å². The van der Waals surface area contributed by atoms with Crippen molar-refractivity contribution in [2.24, 2.45) is 25.6 Å². The number of amides is 1. The first-order chi connectivity index (χ1) is 25.0. The second-order valence-electron chi connectivity index (χ2n) is 10.5. The molecule has 0 fully saturated rings. The van der Waals surface area contributed by atoms with Crippen LogP contribution in [0, 0.1) is 20.2 Å². The van der Waals surface area contributed by atoms with Gasteiger partial charge in [-0.1, -0.05) is 53.4 Å². The Balaban J connectivity index is 0.000000377. The molecule has 0 unspecified atom stereocenters. The second-order valence-corrected chi connectivity index (χ2v) is 12.5. The van der Waals surface area contributed by atoms with Crippen LogP contribution in [0.3, 0.4) is 0 Å². The summed E-state index contributed by atoms with van der Waals surface area (Å²) in [6, 6.07) is 20.9. The van der Waals surface area contributed by atoms with Crippen LogP contribution >= 0.6 is 11.6 Å². The molecule has 0 aliphatic rings. The van der Waals surface area contributed by atoms with Gasteiger partial charge in [-0.15, -0.1) is 10.2 Å². The number of sulfonamides is 1. The van der Waals surface area contributed by atoms with Crippen molar-refractivity contribution >= 4 is 78.1 Å². The van der Waals surface area contributed by atoms with Crippen LogP contribution in [-0.4, -0.2) is 29.3 Å². The van der Waals surface area contributed by atoms with Gasteiger partial charge in [0.15, 0.2) is 5.70 Å². The zero-order chi connectivity index (χ0) is 39.0. The molecule has 19 nitrogen and oxygen atoms in total. The number of hydrogen-bond acceptors (Lipinski definition) is 15. The first-order valence-corrected chi connectivity index (χ1v) is 16.4. The summed E-state index contributed by atoms with van der Waals surface area (Å²) in [6.45, 7) is 1.12. The third-order valence-electron chi connectivity index (χ3n) is 6.82. The number of fused-ring (bicyclic) bond motifs is 1. The molecule has 0 atom stereocenters. The number of anilines is 2. The maximum absolute atomic E-state index is 12.3. The van der Waals surface area contributed by atoms with Crippen LogP contribution in [-0.2, 0) is 31.6 Å². The predicted molar refractivity (Wildman–Crippen MR) is 189 cm³/mol. The number of nitrogens with two attached hydrogens (primary N) is 2. The Morgan fingerprint density at radius 3 is 2.07 bits per heavy atom. The number of aliphatic hydroxyl groups excluding tert-OH is 1. The Morgan fingerprint density at radius 2 is 1.49 bits per heavy atom. The zero-order valence-electron chi connectivity index (χ0n) is 28.2. The van der Waals surface area contributed by atoms with Crippen molar-refractivity contribution in [2.45, 2.75) is 11.8 Å². The van der Waals surface area contributed by atoms with Crippen molar-refractivity contribution in [2.75, 3.05) is 11.1 Å². The van der Waals surface area contributed by atoms with Gasteiger partial charge in [0.05, 0.1) is 31.8 Å². The Morgan fingerprint density at radius 1 is 0.855 bits per heavy atom. The summed E-state index contributed by atoms with van der Waals surface area (Å²) < 4.78 is 22.5. The number of nitro groups is 2. The number of nitro benzene ring substituents is 2. The SMILES string of the molecule is CC(O)=C(N=Nc1cc([N+](=O)[O-])cc(Cl)c1[O-])C(=O)Nc1ccc(S(N)(=O)=O)cc1.Nc1ccc2ccccc2c1N=Nc1ccc([N+](=O)[O-])cc1[O-].[Co].[Na+]. The summed E-state index contributed by atoms with van der Waals surface area (Å²) in [5, 5.41) is 78.6. The van der Waals surface area contributed by atoms with E-state index in [1.54, 1.807) is 6.07 Å². The molecule has 0 bridgehead atoms. The minimum Gasteiger partial charge on any atom is -0.871 e. The van der Waals surface area contributed by atoms with Crippen LogP contribution in [0.5, 0.6) is 11.5 Å². The van der Waals surface area contributed by atoms with Gasteiger partial charge in [-0.2, -0.15) is 10.2 Å². The number of rotatable bonds is 9. The van der Waals surface area contributed by atoms with Gasteiger partial charge in [-0.25, -0.2) is 13.6 Å². The molecule has 0 aliphatic carbocycles.